The lowest BCUT2D eigenvalue weighted by atomic mass is 9.71. The van der Waals surface area contributed by atoms with Crippen LogP contribution >= 0.6 is 0 Å². The van der Waals surface area contributed by atoms with E-state index in [0.29, 0.717) is 12.1 Å². The van der Waals surface area contributed by atoms with Gasteiger partial charge in [0.25, 0.3) is 0 Å². The zero-order valence-electron chi connectivity index (χ0n) is 11.0. The maximum atomic E-state index is 6.18. The Balaban J connectivity index is 1.82. The Bertz CT molecular complexity index is 255. The molecule has 0 amide bonds. The predicted octanol–water partition coefficient (Wildman–Crippen LogP) is 1.31. The number of hydrogen-bond donors (Lipinski definition) is 2. The number of fused-ring (bicyclic) bond motifs is 3. The van der Waals surface area contributed by atoms with Gasteiger partial charge in [-0.3, -0.25) is 4.90 Å². The molecule has 2 saturated carbocycles. The Morgan fingerprint density at radius 2 is 1.35 bits per heavy atom. The summed E-state index contributed by atoms with van der Waals surface area (Å²) in [5.74, 6) is 1.69. The van der Waals surface area contributed by atoms with E-state index >= 15 is 0 Å². The lowest BCUT2D eigenvalue weighted by Crippen LogP contribution is -2.42. The van der Waals surface area contributed by atoms with Crippen molar-refractivity contribution in [1.82, 2.24) is 4.90 Å². The van der Waals surface area contributed by atoms with E-state index < -0.39 is 0 Å². The van der Waals surface area contributed by atoms with Crippen LogP contribution in [0.1, 0.15) is 45.4 Å². The van der Waals surface area contributed by atoms with E-state index in [-0.39, 0.29) is 0 Å². The molecule has 98 valence electrons. The van der Waals surface area contributed by atoms with Gasteiger partial charge in [0.15, 0.2) is 0 Å². The Kier molecular flexibility index (Phi) is 3.18. The first kappa shape index (κ1) is 11.9. The predicted molar refractivity (Wildman–Crippen MR) is 70.6 cm³/mol. The van der Waals surface area contributed by atoms with Gasteiger partial charge in [0, 0.05) is 24.2 Å². The normalized spacial score (nSPS) is 51.0. The number of nitrogens with zero attached hydrogens (tertiary/aromatic N) is 1. The average molecular weight is 237 g/mol. The van der Waals surface area contributed by atoms with Gasteiger partial charge in [-0.2, -0.15) is 0 Å². The van der Waals surface area contributed by atoms with Gasteiger partial charge in [-0.25, -0.2) is 0 Å². The van der Waals surface area contributed by atoms with Crippen molar-refractivity contribution < 1.29 is 0 Å². The van der Waals surface area contributed by atoms with E-state index in [2.05, 4.69) is 11.8 Å². The molecule has 0 aromatic carbocycles. The summed E-state index contributed by atoms with van der Waals surface area (Å²) in [6.45, 7) is 3.54. The Hall–Kier alpha value is -0.120. The first-order valence-electron chi connectivity index (χ1n) is 7.47. The molecule has 3 rings (SSSR count). The summed E-state index contributed by atoms with van der Waals surface area (Å²) in [6, 6.07) is 2.54. The smallest absolute Gasteiger partial charge is 0.0131 e. The van der Waals surface area contributed by atoms with Gasteiger partial charge in [-0.05, 0) is 56.9 Å². The highest BCUT2D eigenvalue weighted by Crippen LogP contribution is 2.48. The molecule has 17 heavy (non-hydrogen) atoms. The highest BCUT2D eigenvalue weighted by atomic mass is 15.2. The summed E-state index contributed by atoms with van der Waals surface area (Å²) in [7, 11) is 0. The molecule has 1 heterocycles. The fraction of sp³-hybridized carbons (Fsp3) is 1.00. The maximum absolute atomic E-state index is 6.18. The second-order valence-corrected chi connectivity index (χ2v) is 6.44. The number of nitrogens with two attached hydrogens (primary N) is 2. The van der Waals surface area contributed by atoms with Crippen molar-refractivity contribution in [3.05, 3.63) is 0 Å². The third-order valence-electron chi connectivity index (χ3n) is 5.57. The molecule has 0 spiro atoms. The number of hydrogen-bond acceptors (Lipinski definition) is 3. The van der Waals surface area contributed by atoms with Crippen molar-refractivity contribution in [2.24, 2.45) is 23.3 Å². The molecule has 6 unspecified atom stereocenters. The fourth-order valence-corrected chi connectivity index (χ4v) is 4.91. The zero-order valence-corrected chi connectivity index (χ0v) is 11.0. The summed E-state index contributed by atoms with van der Waals surface area (Å²) in [5, 5.41) is 0. The first-order valence-corrected chi connectivity index (χ1v) is 7.47. The summed E-state index contributed by atoms with van der Waals surface area (Å²) in [5.41, 5.74) is 12.4. The third-order valence-corrected chi connectivity index (χ3v) is 5.57. The van der Waals surface area contributed by atoms with Gasteiger partial charge in [-0.15, -0.1) is 0 Å². The molecule has 1 aliphatic heterocycles. The molecule has 1 saturated heterocycles. The van der Waals surface area contributed by atoms with Crippen LogP contribution in [-0.4, -0.2) is 35.6 Å². The number of rotatable bonds is 1. The van der Waals surface area contributed by atoms with Crippen molar-refractivity contribution in [2.45, 2.75) is 69.6 Å². The standard InChI is InChI=1S/C14H27N3/c1-2-17-13-5-3-9(15)7-11(13)12-8-10(16)4-6-14(12)17/h9-14H,2-8,15-16H2,1H3. The summed E-state index contributed by atoms with van der Waals surface area (Å²) >= 11 is 0. The molecular formula is C14H27N3. The molecule has 3 nitrogen and oxygen atoms in total. The second-order valence-electron chi connectivity index (χ2n) is 6.44. The summed E-state index contributed by atoms with van der Waals surface area (Å²) in [6.07, 6.45) is 7.58. The maximum Gasteiger partial charge on any atom is 0.0131 e. The van der Waals surface area contributed by atoms with Crippen LogP contribution < -0.4 is 11.5 Å². The van der Waals surface area contributed by atoms with E-state index in [1.165, 1.54) is 45.1 Å². The van der Waals surface area contributed by atoms with Gasteiger partial charge in [0.2, 0.25) is 0 Å². The monoisotopic (exact) mass is 237 g/mol. The average Bonchev–Trinajstić information content (AvgIpc) is 2.62. The summed E-state index contributed by atoms with van der Waals surface area (Å²) in [4.78, 5) is 2.78. The van der Waals surface area contributed by atoms with Crippen LogP contribution in [-0.2, 0) is 0 Å². The van der Waals surface area contributed by atoms with Crippen molar-refractivity contribution in [3.8, 4) is 0 Å². The van der Waals surface area contributed by atoms with Crippen LogP contribution in [0.2, 0.25) is 0 Å². The van der Waals surface area contributed by atoms with E-state index in [4.69, 9.17) is 11.5 Å². The molecule has 4 N–H and O–H groups in total. The molecular weight excluding hydrogens is 210 g/mol. The first-order chi connectivity index (χ1) is 8.20. The Morgan fingerprint density at radius 3 is 1.76 bits per heavy atom. The van der Waals surface area contributed by atoms with Crippen LogP contribution in [0.5, 0.6) is 0 Å². The zero-order chi connectivity index (χ0) is 12.0. The highest BCUT2D eigenvalue weighted by Gasteiger charge is 2.50. The van der Waals surface area contributed by atoms with Crippen molar-refractivity contribution >= 4 is 0 Å². The third kappa shape index (κ3) is 1.92. The van der Waals surface area contributed by atoms with Crippen molar-refractivity contribution in [2.75, 3.05) is 6.54 Å². The minimum absolute atomic E-state index is 0.451. The SMILES string of the molecule is CCN1C2CCC(N)CC2C2CC(N)CCC21. The Morgan fingerprint density at radius 1 is 0.882 bits per heavy atom. The van der Waals surface area contributed by atoms with Crippen LogP contribution in [0.3, 0.4) is 0 Å². The molecule has 0 bridgehead atoms. The molecule has 0 aromatic rings. The van der Waals surface area contributed by atoms with Crippen LogP contribution in [0.4, 0.5) is 0 Å². The van der Waals surface area contributed by atoms with E-state index in [0.717, 1.165) is 23.9 Å². The molecule has 0 aromatic heterocycles. The number of likely N-dealkylation sites (tertiary alicyclic amines) is 1. The quantitative estimate of drug-likeness (QED) is 0.723. The van der Waals surface area contributed by atoms with Gasteiger partial charge in [0.05, 0.1) is 0 Å². The Labute approximate surface area is 105 Å². The lowest BCUT2D eigenvalue weighted by Gasteiger charge is -2.35. The molecule has 2 aliphatic carbocycles. The molecule has 3 fully saturated rings. The van der Waals surface area contributed by atoms with Crippen molar-refractivity contribution in [1.29, 1.82) is 0 Å². The highest BCUT2D eigenvalue weighted by molar-refractivity contribution is 5.05. The lowest BCUT2D eigenvalue weighted by molar-refractivity contribution is 0.141. The van der Waals surface area contributed by atoms with Gasteiger partial charge in [-0.1, -0.05) is 6.92 Å². The minimum Gasteiger partial charge on any atom is -0.328 e. The van der Waals surface area contributed by atoms with Gasteiger partial charge >= 0.3 is 0 Å². The van der Waals surface area contributed by atoms with Crippen molar-refractivity contribution in [3.63, 3.8) is 0 Å². The molecule has 3 heteroatoms. The second kappa shape index (κ2) is 4.52. The van der Waals surface area contributed by atoms with Gasteiger partial charge < -0.3 is 11.5 Å². The summed E-state index contributed by atoms with van der Waals surface area (Å²) < 4.78 is 0. The van der Waals surface area contributed by atoms with E-state index in [1.807, 2.05) is 0 Å². The largest absolute Gasteiger partial charge is 0.328 e. The fourth-order valence-electron chi connectivity index (χ4n) is 4.91. The van der Waals surface area contributed by atoms with Crippen LogP contribution in [0, 0.1) is 11.8 Å². The van der Waals surface area contributed by atoms with Crippen LogP contribution in [0.25, 0.3) is 0 Å². The molecule has 3 aliphatic rings. The molecule has 0 radical (unpaired) electrons. The molecule has 6 atom stereocenters. The van der Waals surface area contributed by atoms with E-state index in [1.54, 1.807) is 0 Å². The van der Waals surface area contributed by atoms with E-state index in [9.17, 15) is 0 Å². The minimum atomic E-state index is 0.451. The van der Waals surface area contributed by atoms with Gasteiger partial charge in [0.1, 0.15) is 0 Å². The topological polar surface area (TPSA) is 55.3 Å². The van der Waals surface area contributed by atoms with Crippen LogP contribution in [0.15, 0.2) is 0 Å².